The molecule has 0 saturated carbocycles. The van der Waals surface area contributed by atoms with E-state index in [0.717, 1.165) is 23.5 Å². The molecule has 2 aromatic carbocycles. The van der Waals surface area contributed by atoms with E-state index in [0.29, 0.717) is 24.0 Å². The summed E-state index contributed by atoms with van der Waals surface area (Å²) in [7, 11) is 0. The van der Waals surface area contributed by atoms with Crippen LogP contribution in [0.25, 0.3) is 0 Å². The number of carbonyl (C=O) groups is 1. The van der Waals surface area contributed by atoms with Gasteiger partial charge in [-0.2, -0.15) is 0 Å². The van der Waals surface area contributed by atoms with Gasteiger partial charge >= 0.3 is 0 Å². The third kappa shape index (κ3) is 5.30. The zero-order valence-corrected chi connectivity index (χ0v) is 16.3. The average Bonchev–Trinajstić information content (AvgIpc) is 2.89. The first kappa shape index (κ1) is 19.4. The molecular formula is C21H24ClNO4. The Balaban J connectivity index is 1.66. The molecule has 0 spiro atoms. The standard InChI is InChI=1S/C21H24ClNO4/c1-14(2)21(15-7-8-18-19(11-15)26-10-4-9-25-18)23-20(24)13-27-17-6-3-5-16(22)12-17/h3,5-8,11-12,14,21H,4,9-10,13H2,1-2H3,(H,23,24)/t21-/m1/s1. The van der Waals surface area contributed by atoms with Crippen molar-refractivity contribution in [3.05, 3.63) is 53.1 Å². The van der Waals surface area contributed by atoms with Crippen LogP contribution >= 0.6 is 11.6 Å². The summed E-state index contributed by atoms with van der Waals surface area (Å²) in [6, 6.07) is 12.6. The monoisotopic (exact) mass is 389 g/mol. The Bertz CT molecular complexity index is 794. The Morgan fingerprint density at radius 1 is 1.15 bits per heavy atom. The molecule has 5 nitrogen and oxygen atoms in total. The lowest BCUT2D eigenvalue weighted by Crippen LogP contribution is -2.35. The molecular weight excluding hydrogens is 366 g/mol. The highest BCUT2D eigenvalue weighted by Gasteiger charge is 2.21. The fourth-order valence-electron chi connectivity index (χ4n) is 2.93. The average molecular weight is 390 g/mol. The SMILES string of the molecule is CC(C)[C@@H](NC(=O)COc1cccc(Cl)c1)c1ccc2c(c1)OCCCO2. The Morgan fingerprint density at radius 2 is 1.93 bits per heavy atom. The highest BCUT2D eigenvalue weighted by Crippen LogP contribution is 2.34. The Morgan fingerprint density at radius 3 is 2.67 bits per heavy atom. The quantitative estimate of drug-likeness (QED) is 0.795. The van der Waals surface area contributed by atoms with Gasteiger partial charge in [-0.05, 0) is 41.8 Å². The number of halogens is 1. The van der Waals surface area contributed by atoms with Gasteiger partial charge in [0.1, 0.15) is 5.75 Å². The number of hydrogen-bond acceptors (Lipinski definition) is 4. The normalized spacial score (nSPS) is 14.4. The fraction of sp³-hybridized carbons (Fsp3) is 0.381. The van der Waals surface area contributed by atoms with Crippen molar-refractivity contribution in [3.8, 4) is 17.2 Å². The summed E-state index contributed by atoms with van der Waals surface area (Å²) >= 11 is 5.93. The van der Waals surface area contributed by atoms with E-state index in [4.69, 9.17) is 25.8 Å². The Labute approximate surface area is 164 Å². The van der Waals surface area contributed by atoms with Crippen LogP contribution in [0.1, 0.15) is 31.9 Å². The lowest BCUT2D eigenvalue weighted by atomic mass is 9.95. The molecule has 3 rings (SSSR count). The van der Waals surface area contributed by atoms with Crippen molar-refractivity contribution in [2.45, 2.75) is 26.3 Å². The van der Waals surface area contributed by atoms with Gasteiger partial charge < -0.3 is 19.5 Å². The molecule has 1 aliphatic rings. The van der Waals surface area contributed by atoms with E-state index >= 15 is 0 Å². The maximum Gasteiger partial charge on any atom is 0.258 e. The molecule has 1 atom stereocenters. The predicted molar refractivity (Wildman–Crippen MR) is 105 cm³/mol. The number of hydrogen-bond donors (Lipinski definition) is 1. The maximum absolute atomic E-state index is 12.4. The number of carbonyl (C=O) groups excluding carboxylic acids is 1. The van der Waals surface area contributed by atoms with Crippen LogP contribution in [0.2, 0.25) is 5.02 Å². The van der Waals surface area contributed by atoms with Gasteiger partial charge in [-0.25, -0.2) is 0 Å². The second-order valence-electron chi connectivity index (χ2n) is 6.79. The topological polar surface area (TPSA) is 56.8 Å². The van der Waals surface area contributed by atoms with Crippen LogP contribution in [-0.2, 0) is 4.79 Å². The predicted octanol–water partition coefficient (Wildman–Crippen LogP) is 4.39. The molecule has 1 N–H and O–H groups in total. The molecule has 0 aromatic heterocycles. The minimum atomic E-state index is -0.194. The molecule has 0 unspecified atom stereocenters. The lowest BCUT2D eigenvalue weighted by molar-refractivity contribution is -0.124. The van der Waals surface area contributed by atoms with Crippen molar-refractivity contribution >= 4 is 17.5 Å². The van der Waals surface area contributed by atoms with Gasteiger partial charge in [0.2, 0.25) is 0 Å². The zero-order valence-electron chi connectivity index (χ0n) is 15.5. The smallest absolute Gasteiger partial charge is 0.258 e. The molecule has 0 saturated heterocycles. The lowest BCUT2D eigenvalue weighted by Gasteiger charge is -2.24. The number of benzene rings is 2. The van der Waals surface area contributed by atoms with Gasteiger partial charge in [0.25, 0.3) is 5.91 Å². The highest BCUT2D eigenvalue weighted by atomic mass is 35.5. The van der Waals surface area contributed by atoms with Crippen molar-refractivity contribution < 1.29 is 19.0 Å². The molecule has 6 heteroatoms. The zero-order chi connectivity index (χ0) is 19.2. The van der Waals surface area contributed by atoms with Crippen LogP contribution in [0.5, 0.6) is 17.2 Å². The third-order valence-electron chi connectivity index (χ3n) is 4.28. The third-order valence-corrected chi connectivity index (χ3v) is 4.51. The van der Waals surface area contributed by atoms with Crippen molar-refractivity contribution in [2.75, 3.05) is 19.8 Å². The van der Waals surface area contributed by atoms with Crippen LogP contribution < -0.4 is 19.5 Å². The van der Waals surface area contributed by atoms with Crippen molar-refractivity contribution in [3.63, 3.8) is 0 Å². The number of rotatable bonds is 6. The van der Waals surface area contributed by atoms with E-state index in [1.807, 2.05) is 18.2 Å². The van der Waals surface area contributed by atoms with E-state index < -0.39 is 0 Å². The first-order valence-corrected chi connectivity index (χ1v) is 9.48. The molecule has 0 bridgehead atoms. The number of nitrogens with one attached hydrogen (secondary N) is 1. The minimum Gasteiger partial charge on any atom is -0.490 e. The van der Waals surface area contributed by atoms with Gasteiger partial charge in [-0.15, -0.1) is 0 Å². The molecule has 0 aliphatic carbocycles. The maximum atomic E-state index is 12.4. The summed E-state index contributed by atoms with van der Waals surface area (Å²) in [5.41, 5.74) is 0.977. The molecule has 1 amide bonds. The van der Waals surface area contributed by atoms with Crippen LogP contribution in [0, 0.1) is 5.92 Å². The summed E-state index contributed by atoms with van der Waals surface area (Å²) in [6.07, 6.45) is 0.856. The largest absolute Gasteiger partial charge is 0.490 e. The summed E-state index contributed by atoms with van der Waals surface area (Å²) in [5.74, 6) is 2.04. The summed E-state index contributed by atoms with van der Waals surface area (Å²) in [5, 5.41) is 3.62. The van der Waals surface area contributed by atoms with Crippen molar-refractivity contribution in [2.24, 2.45) is 5.92 Å². The van der Waals surface area contributed by atoms with Crippen molar-refractivity contribution in [1.29, 1.82) is 0 Å². The van der Waals surface area contributed by atoms with E-state index in [1.165, 1.54) is 0 Å². The van der Waals surface area contributed by atoms with Gasteiger partial charge in [0, 0.05) is 11.4 Å². The molecule has 1 aliphatic heterocycles. The Kier molecular flexibility index (Phi) is 6.45. The summed E-state index contributed by atoms with van der Waals surface area (Å²) in [4.78, 5) is 12.4. The van der Waals surface area contributed by atoms with Gasteiger partial charge in [-0.3, -0.25) is 4.79 Å². The Hall–Kier alpha value is -2.40. The molecule has 2 aromatic rings. The number of ether oxygens (including phenoxy) is 3. The first-order chi connectivity index (χ1) is 13.0. The molecule has 0 fully saturated rings. The number of amides is 1. The van der Waals surface area contributed by atoms with Gasteiger partial charge in [0.05, 0.1) is 19.3 Å². The minimum absolute atomic E-state index is 0.0753. The number of fused-ring (bicyclic) bond motifs is 1. The van der Waals surface area contributed by atoms with E-state index in [9.17, 15) is 4.79 Å². The van der Waals surface area contributed by atoms with Crippen LogP contribution in [0.15, 0.2) is 42.5 Å². The molecule has 144 valence electrons. The molecule has 27 heavy (non-hydrogen) atoms. The summed E-state index contributed by atoms with van der Waals surface area (Å²) < 4.78 is 17.0. The van der Waals surface area contributed by atoms with Crippen LogP contribution in [0.4, 0.5) is 0 Å². The van der Waals surface area contributed by atoms with Crippen molar-refractivity contribution in [1.82, 2.24) is 5.32 Å². The molecule has 0 radical (unpaired) electrons. The van der Waals surface area contributed by atoms with E-state index in [-0.39, 0.29) is 24.5 Å². The van der Waals surface area contributed by atoms with Gasteiger partial charge in [-0.1, -0.05) is 37.6 Å². The van der Waals surface area contributed by atoms with Gasteiger partial charge in [0.15, 0.2) is 18.1 Å². The van der Waals surface area contributed by atoms with E-state index in [1.54, 1.807) is 24.3 Å². The van der Waals surface area contributed by atoms with Crippen LogP contribution in [0.3, 0.4) is 0 Å². The second-order valence-corrected chi connectivity index (χ2v) is 7.23. The fourth-order valence-corrected chi connectivity index (χ4v) is 3.11. The first-order valence-electron chi connectivity index (χ1n) is 9.10. The van der Waals surface area contributed by atoms with E-state index in [2.05, 4.69) is 19.2 Å². The summed E-state index contributed by atoms with van der Waals surface area (Å²) in [6.45, 7) is 5.33. The molecule has 1 heterocycles. The second kappa shape index (κ2) is 9.00. The highest BCUT2D eigenvalue weighted by molar-refractivity contribution is 6.30. The van der Waals surface area contributed by atoms with Crippen LogP contribution in [-0.4, -0.2) is 25.7 Å².